The van der Waals surface area contributed by atoms with Crippen LogP contribution in [0.15, 0.2) is 66.2 Å². The largest absolute Gasteiger partial charge is 0.497 e. The molecule has 0 radical (unpaired) electrons. The zero-order valence-electron chi connectivity index (χ0n) is 15.8. The molecule has 1 aliphatic rings. The van der Waals surface area contributed by atoms with E-state index in [0.29, 0.717) is 0 Å². The zero-order chi connectivity index (χ0) is 18.6. The van der Waals surface area contributed by atoms with Crippen molar-refractivity contribution in [2.24, 2.45) is 0 Å². The van der Waals surface area contributed by atoms with Gasteiger partial charge in [-0.2, -0.15) is 0 Å². The Labute approximate surface area is 157 Å². The number of allylic oxidation sites excluding steroid dienone is 2. The van der Waals surface area contributed by atoms with Gasteiger partial charge in [0, 0.05) is 5.92 Å². The first kappa shape index (κ1) is 19.9. The highest BCUT2D eigenvalue weighted by Gasteiger charge is 2.19. The molecule has 0 amide bonds. The molecule has 0 bridgehead atoms. The maximum absolute atomic E-state index is 11.0. The van der Waals surface area contributed by atoms with Crippen LogP contribution in [0.3, 0.4) is 0 Å². The SMILES string of the molecule is CNCCc1ccccc1.COc1cccc(C2CCCC=C2C=O)c1. The normalized spacial score (nSPS) is 16.1. The van der Waals surface area contributed by atoms with Crippen LogP contribution in [0.25, 0.3) is 0 Å². The van der Waals surface area contributed by atoms with Gasteiger partial charge in [0.05, 0.1) is 7.11 Å². The highest BCUT2D eigenvalue weighted by molar-refractivity contribution is 5.76. The molecule has 1 unspecified atom stereocenters. The van der Waals surface area contributed by atoms with Crippen LogP contribution in [0.4, 0.5) is 0 Å². The van der Waals surface area contributed by atoms with Crippen molar-refractivity contribution in [3.05, 3.63) is 77.4 Å². The second-order valence-corrected chi connectivity index (χ2v) is 6.42. The number of hydrogen-bond acceptors (Lipinski definition) is 3. The monoisotopic (exact) mass is 351 g/mol. The molecule has 2 aromatic rings. The predicted octanol–water partition coefficient (Wildman–Crippen LogP) is 4.54. The van der Waals surface area contributed by atoms with Gasteiger partial charge in [0.25, 0.3) is 0 Å². The molecule has 3 nitrogen and oxygen atoms in total. The smallest absolute Gasteiger partial charge is 0.146 e. The Morgan fingerprint density at radius 1 is 1.15 bits per heavy atom. The summed E-state index contributed by atoms with van der Waals surface area (Å²) in [4.78, 5) is 11.0. The summed E-state index contributed by atoms with van der Waals surface area (Å²) in [6.07, 6.45) is 7.40. The standard InChI is InChI=1S/C14H16O2.C9H13N/c1-16-13-7-4-6-11(9-13)14-8-3-2-5-12(14)10-15;1-10-8-7-9-5-3-2-4-6-9/h4-7,9-10,14H,2-3,8H2,1H3;2-6,10H,7-8H2,1H3. The van der Waals surface area contributed by atoms with Gasteiger partial charge < -0.3 is 10.1 Å². The van der Waals surface area contributed by atoms with E-state index in [2.05, 4.69) is 41.7 Å². The number of methoxy groups -OCH3 is 1. The first-order chi connectivity index (χ1) is 12.8. The summed E-state index contributed by atoms with van der Waals surface area (Å²) in [7, 11) is 3.64. The van der Waals surface area contributed by atoms with Gasteiger partial charge in [0.15, 0.2) is 0 Å². The molecular formula is C23H29NO2. The number of ether oxygens (including phenoxy) is 1. The Bertz CT molecular complexity index is 694. The quantitative estimate of drug-likeness (QED) is 0.777. The van der Waals surface area contributed by atoms with Crippen LogP contribution in [-0.4, -0.2) is 27.0 Å². The molecular weight excluding hydrogens is 322 g/mol. The maximum atomic E-state index is 11.0. The minimum atomic E-state index is 0.251. The number of hydrogen-bond donors (Lipinski definition) is 1. The lowest BCUT2D eigenvalue weighted by molar-refractivity contribution is -0.105. The van der Waals surface area contributed by atoms with Crippen molar-refractivity contribution >= 4 is 6.29 Å². The summed E-state index contributed by atoms with van der Waals surface area (Å²) < 4.78 is 5.21. The van der Waals surface area contributed by atoms with Crippen LogP contribution < -0.4 is 10.1 Å². The molecule has 3 rings (SSSR count). The number of likely N-dealkylation sites (N-methyl/N-ethyl adjacent to an activating group) is 1. The van der Waals surface area contributed by atoms with Gasteiger partial charge in [-0.3, -0.25) is 4.79 Å². The molecule has 26 heavy (non-hydrogen) atoms. The molecule has 0 saturated carbocycles. The number of aldehydes is 1. The summed E-state index contributed by atoms with van der Waals surface area (Å²) >= 11 is 0. The Balaban J connectivity index is 0.000000209. The van der Waals surface area contributed by atoms with E-state index in [9.17, 15) is 4.79 Å². The third-order valence-corrected chi connectivity index (χ3v) is 4.62. The fourth-order valence-electron chi connectivity index (χ4n) is 3.16. The Kier molecular flexibility index (Phi) is 8.64. The van der Waals surface area contributed by atoms with Gasteiger partial charge in [-0.05, 0) is 68.1 Å². The first-order valence-corrected chi connectivity index (χ1v) is 9.26. The van der Waals surface area contributed by atoms with Crippen molar-refractivity contribution in [2.45, 2.75) is 31.6 Å². The molecule has 2 aromatic carbocycles. The maximum Gasteiger partial charge on any atom is 0.146 e. The van der Waals surface area contributed by atoms with Gasteiger partial charge in [-0.1, -0.05) is 48.5 Å². The fraction of sp³-hybridized carbons (Fsp3) is 0.348. The van der Waals surface area contributed by atoms with E-state index in [1.165, 1.54) is 11.1 Å². The van der Waals surface area contributed by atoms with Crippen LogP contribution >= 0.6 is 0 Å². The molecule has 0 aromatic heterocycles. The van der Waals surface area contributed by atoms with Gasteiger partial charge in [-0.25, -0.2) is 0 Å². The minimum absolute atomic E-state index is 0.251. The van der Waals surface area contributed by atoms with E-state index >= 15 is 0 Å². The van der Waals surface area contributed by atoms with Crippen molar-refractivity contribution < 1.29 is 9.53 Å². The summed E-state index contributed by atoms with van der Waals surface area (Å²) in [6, 6.07) is 18.5. The summed E-state index contributed by atoms with van der Waals surface area (Å²) in [5.41, 5.74) is 3.49. The third kappa shape index (κ3) is 6.16. The summed E-state index contributed by atoms with van der Waals surface area (Å²) in [5.74, 6) is 1.11. The van der Waals surface area contributed by atoms with Crippen LogP contribution in [-0.2, 0) is 11.2 Å². The Morgan fingerprint density at radius 2 is 1.96 bits per heavy atom. The van der Waals surface area contributed by atoms with Gasteiger partial charge in [0.2, 0.25) is 0 Å². The minimum Gasteiger partial charge on any atom is -0.497 e. The molecule has 1 atom stereocenters. The lowest BCUT2D eigenvalue weighted by atomic mass is 9.83. The molecule has 0 aliphatic heterocycles. The topological polar surface area (TPSA) is 38.3 Å². The van der Waals surface area contributed by atoms with Gasteiger partial charge in [-0.15, -0.1) is 0 Å². The number of nitrogens with one attached hydrogen (secondary N) is 1. The Morgan fingerprint density at radius 3 is 2.65 bits per heavy atom. The summed E-state index contributed by atoms with van der Waals surface area (Å²) in [5, 5.41) is 3.12. The molecule has 1 aliphatic carbocycles. The van der Waals surface area contributed by atoms with Crippen LogP contribution in [0.1, 0.15) is 36.3 Å². The number of rotatable bonds is 6. The zero-order valence-corrected chi connectivity index (χ0v) is 15.8. The molecule has 0 heterocycles. The van der Waals surface area contributed by atoms with E-state index in [4.69, 9.17) is 4.74 Å². The molecule has 0 fully saturated rings. The van der Waals surface area contributed by atoms with E-state index in [0.717, 1.165) is 49.8 Å². The molecule has 0 spiro atoms. The second kappa shape index (κ2) is 11.3. The first-order valence-electron chi connectivity index (χ1n) is 9.26. The highest BCUT2D eigenvalue weighted by Crippen LogP contribution is 2.34. The van der Waals surface area contributed by atoms with Crippen molar-refractivity contribution in [2.75, 3.05) is 20.7 Å². The van der Waals surface area contributed by atoms with Crippen LogP contribution in [0.5, 0.6) is 5.75 Å². The molecule has 3 heteroatoms. The number of carbonyl (C=O) groups is 1. The lowest BCUT2D eigenvalue weighted by Gasteiger charge is -2.21. The average Bonchev–Trinajstić information content (AvgIpc) is 2.73. The highest BCUT2D eigenvalue weighted by atomic mass is 16.5. The van der Waals surface area contributed by atoms with E-state index < -0.39 is 0 Å². The average molecular weight is 351 g/mol. The van der Waals surface area contributed by atoms with E-state index in [1.54, 1.807) is 7.11 Å². The van der Waals surface area contributed by atoms with Crippen LogP contribution in [0, 0.1) is 0 Å². The predicted molar refractivity (Wildman–Crippen MR) is 108 cm³/mol. The van der Waals surface area contributed by atoms with Gasteiger partial charge >= 0.3 is 0 Å². The fourth-order valence-corrected chi connectivity index (χ4v) is 3.16. The second-order valence-electron chi connectivity index (χ2n) is 6.42. The molecule has 1 N–H and O–H groups in total. The summed E-state index contributed by atoms with van der Waals surface area (Å²) in [6.45, 7) is 1.06. The van der Waals surface area contributed by atoms with Gasteiger partial charge in [0.1, 0.15) is 12.0 Å². The van der Waals surface area contributed by atoms with Crippen molar-refractivity contribution in [3.8, 4) is 5.75 Å². The van der Waals surface area contributed by atoms with Crippen molar-refractivity contribution in [1.82, 2.24) is 5.32 Å². The third-order valence-electron chi connectivity index (χ3n) is 4.62. The van der Waals surface area contributed by atoms with E-state index in [1.807, 2.05) is 31.3 Å². The lowest BCUT2D eigenvalue weighted by Crippen LogP contribution is -2.09. The van der Waals surface area contributed by atoms with E-state index in [-0.39, 0.29) is 5.92 Å². The van der Waals surface area contributed by atoms with Crippen LogP contribution in [0.2, 0.25) is 0 Å². The van der Waals surface area contributed by atoms with Crippen molar-refractivity contribution in [3.63, 3.8) is 0 Å². The van der Waals surface area contributed by atoms with Crippen molar-refractivity contribution in [1.29, 1.82) is 0 Å². The number of carbonyl (C=O) groups excluding carboxylic acids is 1. The molecule has 138 valence electrons. The molecule has 0 saturated heterocycles. The number of benzene rings is 2. The Hall–Kier alpha value is -2.39.